The molecule has 0 radical (unpaired) electrons. The van der Waals surface area contributed by atoms with Crippen molar-refractivity contribution >= 4 is 23.5 Å². The van der Waals surface area contributed by atoms with Gasteiger partial charge in [0.15, 0.2) is 47.8 Å². The minimum atomic E-state index is -1.80. The first-order valence-corrected chi connectivity index (χ1v) is 16.9. The summed E-state index contributed by atoms with van der Waals surface area (Å²) in [6, 6.07) is 3.71. The molecule has 53 heavy (non-hydrogen) atoms. The molecule has 1 aromatic carbocycles. The van der Waals surface area contributed by atoms with Crippen molar-refractivity contribution in [2.24, 2.45) is 5.73 Å². The van der Waals surface area contributed by atoms with Crippen molar-refractivity contribution in [3.8, 4) is 0 Å². The predicted molar refractivity (Wildman–Crippen MR) is 176 cm³/mol. The number of methoxy groups -OCH3 is 1. The number of unbranched alkanes of at least 4 members (excludes halogenated alkanes) is 2. The van der Waals surface area contributed by atoms with Crippen LogP contribution < -0.4 is 22.3 Å². The number of benzene rings is 1. The van der Waals surface area contributed by atoms with E-state index in [1.165, 1.54) is 20.1 Å². The Kier molecular flexibility index (Phi) is 12.1. The third-order valence-corrected chi connectivity index (χ3v) is 8.74. The zero-order valence-corrected chi connectivity index (χ0v) is 29.6. The van der Waals surface area contributed by atoms with Crippen molar-refractivity contribution in [1.29, 1.82) is 0 Å². The SMILES string of the molecule is CCCCCC(=O)OC(C)n1c(=O)ccn([C@@H]2O[C@H](C(O[C@H]3OC(C(=O)Nc4ccc(F)c(F)c4)=C[C@@H]4OC(C)(C)O[C@H]34)C(N)=O)[C@@H](OC)[C@H]2O)c1=O. The summed E-state index contributed by atoms with van der Waals surface area (Å²) in [5.41, 5.74) is 3.86. The molecule has 4 N–H and O–H groups in total. The molecule has 4 heterocycles. The number of primary amides is 1. The molecule has 2 fully saturated rings. The molecular weight excluding hydrogens is 710 g/mol. The van der Waals surface area contributed by atoms with Crippen LogP contribution >= 0.6 is 0 Å². The van der Waals surface area contributed by atoms with E-state index < -0.39 is 108 Å². The number of amides is 2. The lowest BCUT2D eigenvalue weighted by molar-refractivity contribution is -0.241. The highest BCUT2D eigenvalue weighted by Gasteiger charge is 2.55. The summed E-state index contributed by atoms with van der Waals surface area (Å²) in [6.45, 7) is 6.46. The first-order chi connectivity index (χ1) is 25.0. The molecule has 3 aliphatic rings. The highest BCUT2D eigenvalue weighted by molar-refractivity contribution is 6.02. The third-order valence-electron chi connectivity index (χ3n) is 8.74. The van der Waals surface area contributed by atoms with Crippen LogP contribution in [0, 0.1) is 11.6 Å². The van der Waals surface area contributed by atoms with Crippen molar-refractivity contribution < 1.29 is 61.4 Å². The Bertz CT molecular complexity index is 1850. The van der Waals surface area contributed by atoms with Crippen molar-refractivity contribution in [3.63, 3.8) is 0 Å². The van der Waals surface area contributed by atoms with Gasteiger partial charge in [0.25, 0.3) is 11.5 Å². The summed E-state index contributed by atoms with van der Waals surface area (Å²) in [7, 11) is 1.20. The molecule has 0 spiro atoms. The Morgan fingerprint density at radius 3 is 2.51 bits per heavy atom. The van der Waals surface area contributed by atoms with Crippen molar-refractivity contribution in [2.75, 3.05) is 12.4 Å². The monoisotopic (exact) mass is 752 g/mol. The van der Waals surface area contributed by atoms with E-state index in [1.54, 1.807) is 13.8 Å². The molecule has 1 aromatic heterocycles. The first-order valence-electron chi connectivity index (χ1n) is 16.9. The van der Waals surface area contributed by atoms with Crippen LogP contribution in [0.2, 0.25) is 0 Å². The number of aliphatic hydroxyl groups excluding tert-OH is 1. The molecule has 3 aliphatic heterocycles. The molecule has 9 atom stereocenters. The molecule has 2 unspecified atom stereocenters. The van der Waals surface area contributed by atoms with Crippen LogP contribution in [-0.4, -0.2) is 87.8 Å². The van der Waals surface area contributed by atoms with Crippen molar-refractivity contribution in [3.05, 3.63) is 74.8 Å². The number of nitrogens with zero attached hydrogens (tertiary/aromatic N) is 2. The standard InChI is InChI=1S/C34H42F2N4O13/c1-6-7-8-9-23(42)48-16(2)40-22(41)12-13-39(33(40)46)31-24(43)26(47-5)27(50-31)28(29(37)44)51-32-25-20(52-34(3,4)53-25)15-21(49-32)30(45)38-17-10-11-18(35)19(36)14-17/h10-16,20,24-28,31-32,43H,6-9H2,1-5H3,(H2,37,44)(H,38,45)/t16?,20-,24+,25-,26-,27-,28?,31+,32+/m0/s1. The van der Waals surface area contributed by atoms with Crippen LogP contribution in [0.15, 0.2) is 51.9 Å². The van der Waals surface area contributed by atoms with Gasteiger partial charge in [-0.25, -0.2) is 18.1 Å². The van der Waals surface area contributed by atoms with Crippen LogP contribution in [0.5, 0.6) is 0 Å². The van der Waals surface area contributed by atoms with Crippen LogP contribution in [0.25, 0.3) is 0 Å². The van der Waals surface area contributed by atoms with E-state index in [1.807, 2.05) is 6.92 Å². The van der Waals surface area contributed by atoms with Gasteiger partial charge in [0.1, 0.15) is 24.4 Å². The molecule has 0 saturated carbocycles. The number of carbonyl (C=O) groups is 3. The lowest BCUT2D eigenvalue weighted by atomic mass is 10.0. The quantitative estimate of drug-likeness (QED) is 0.184. The highest BCUT2D eigenvalue weighted by atomic mass is 19.2. The van der Waals surface area contributed by atoms with Gasteiger partial charge in [0.2, 0.25) is 12.2 Å². The number of hydrogen-bond acceptors (Lipinski definition) is 13. The topological polar surface area (TPSA) is 218 Å². The van der Waals surface area contributed by atoms with E-state index in [4.69, 9.17) is 38.9 Å². The molecule has 2 amide bonds. The number of rotatable bonds is 14. The Balaban J connectivity index is 1.39. The van der Waals surface area contributed by atoms with E-state index in [0.29, 0.717) is 11.0 Å². The molecule has 17 nitrogen and oxygen atoms in total. The van der Waals surface area contributed by atoms with Gasteiger partial charge in [0.05, 0.1) is 0 Å². The maximum absolute atomic E-state index is 13.8. The molecular formula is C34H42F2N4O13. The maximum atomic E-state index is 13.8. The number of nitrogens with two attached hydrogens (primary N) is 1. The van der Waals surface area contributed by atoms with Gasteiger partial charge in [-0.3, -0.25) is 23.7 Å². The molecule has 2 aromatic rings. The van der Waals surface area contributed by atoms with Crippen molar-refractivity contribution in [2.45, 2.75) is 115 Å². The molecule has 2 saturated heterocycles. The molecule has 0 aliphatic carbocycles. The summed E-state index contributed by atoms with van der Waals surface area (Å²) < 4.78 is 69.3. The Labute approximate surface area is 301 Å². The highest BCUT2D eigenvalue weighted by Crippen LogP contribution is 2.39. The number of ether oxygens (including phenoxy) is 7. The first kappa shape index (κ1) is 39.7. The number of anilines is 1. The van der Waals surface area contributed by atoms with Gasteiger partial charge >= 0.3 is 11.7 Å². The van der Waals surface area contributed by atoms with E-state index in [0.717, 1.165) is 47.9 Å². The van der Waals surface area contributed by atoms with Gasteiger partial charge in [-0.2, -0.15) is 0 Å². The summed E-state index contributed by atoms with van der Waals surface area (Å²) >= 11 is 0. The minimum absolute atomic E-state index is 0.0846. The van der Waals surface area contributed by atoms with Crippen LogP contribution in [-0.2, 0) is 47.5 Å². The van der Waals surface area contributed by atoms with E-state index in [9.17, 15) is 37.9 Å². The lowest BCUT2D eigenvalue weighted by Crippen LogP contribution is -2.53. The second kappa shape index (κ2) is 16.2. The average Bonchev–Trinajstić information content (AvgIpc) is 3.58. The summed E-state index contributed by atoms with van der Waals surface area (Å²) in [4.78, 5) is 64.9. The predicted octanol–water partition coefficient (Wildman–Crippen LogP) is 1.47. The lowest BCUT2D eigenvalue weighted by Gasteiger charge is -2.34. The van der Waals surface area contributed by atoms with Gasteiger partial charge in [-0.15, -0.1) is 0 Å². The number of aliphatic hydroxyl groups is 1. The Hall–Kier alpha value is -4.53. The molecule has 290 valence electrons. The number of carbonyl (C=O) groups excluding carboxylic acids is 3. The number of halogens is 2. The van der Waals surface area contributed by atoms with Gasteiger partial charge in [-0.05, 0) is 45.4 Å². The number of nitrogens with one attached hydrogen (secondary N) is 1. The van der Waals surface area contributed by atoms with Crippen LogP contribution in [0.4, 0.5) is 14.5 Å². The number of fused-ring (bicyclic) bond motifs is 1. The smallest absolute Gasteiger partial charge is 0.336 e. The fraction of sp³-hybridized carbons (Fsp3) is 0.559. The minimum Gasteiger partial charge on any atom is -0.456 e. The zero-order valence-electron chi connectivity index (χ0n) is 29.6. The van der Waals surface area contributed by atoms with E-state index >= 15 is 0 Å². The van der Waals surface area contributed by atoms with E-state index in [-0.39, 0.29) is 12.1 Å². The number of esters is 1. The number of hydrogen-bond donors (Lipinski definition) is 3. The van der Waals surface area contributed by atoms with Gasteiger partial charge in [0, 0.05) is 37.5 Å². The fourth-order valence-corrected chi connectivity index (χ4v) is 6.27. The Morgan fingerprint density at radius 2 is 1.85 bits per heavy atom. The van der Waals surface area contributed by atoms with E-state index in [2.05, 4.69) is 5.32 Å². The Morgan fingerprint density at radius 1 is 1.11 bits per heavy atom. The largest absolute Gasteiger partial charge is 0.456 e. The third kappa shape index (κ3) is 8.66. The molecule has 19 heteroatoms. The normalized spacial score (nSPS) is 27.2. The summed E-state index contributed by atoms with van der Waals surface area (Å²) in [6.07, 6.45) is -8.27. The maximum Gasteiger partial charge on any atom is 0.336 e. The average molecular weight is 753 g/mol. The second-order valence-corrected chi connectivity index (χ2v) is 13.1. The van der Waals surface area contributed by atoms with Gasteiger partial charge < -0.3 is 49.3 Å². The second-order valence-electron chi connectivity index (χ2n) is 13.1. The molecule has 5 rings (SSSR count). The van der Waals surface area contributed by atoms with Gasteiger partial charge in [-0.1, -0.05) is 19.8 Å². The fourth-order valence-electron chi connectivity index (χ4n) is 6.27. The van der Waals surface area contributed by atoms with Crippen LogP contribution in [0.3, 0.4) is 0 Å². The summed E-state index contributed by atoms with van der Waals surface area (Å²) in [5, 5.41) is 13.7. The summed E-state index contributed by atoms with van der Waals surface area (Å²) in [5.74, 6) is -6.61. The molecule has 0 bridgehead atoms. The zero-order chi connectivity index (χ0) is 38.8. The van der Waals surface area contributed by atoms with Crippen molar-refractivity contribution in [1.82, 2.24) is 9.13 Å². The van der Waals surface area contributed by atoms with Crippen LogP contribution in [0.1, 0.15) is 65.8 Å². The number of aromatic nitrogens is 2.